The first kappa shape index (κ1) is 25.6. The lowest BCUT2D eigenvalue weighted by Crippen LogP contribution is -2.37. The van der Waals surface area contributed by atoms with Gasteiger partial charge in [-0.1, -0.05) is 27.7 Å². The number of ether oxygens (including phenoxy) is 2. The van der Waals surface area contributed by atoms with Crippen LogP contribution in [-0.4, -0.2) is 58.0 Å². The van der Waals surface area contributed by atoms with Crippen molar-refractivity contribution < 1.29 is 23.3 Å². The molecule has 0 aliphatic heterocycles. The Morgan fingerprint density at radius 2 is 1.27 bits per heavy atom. The van der Waals surface area contributed by atoms with Crippen LogP contribution >= 0.6 is 0 Å². The maximum Gasteiger partial charge on any atom is 0.314 e. The van der Waals surface area contributed by atoms with Gasteiger partial charge in [-0.25, -0.2) is 4.79 Å². The Morgan fingerprint density at radius 1 is 0.818 bits per heavy atom. The van der Waals surface area contributed by atoms with E-state index in [1.54, 1.807) is 0 Å². The van der Waals surface area contributed by atoms with Gasteiger partial charge in [0.2, 0.25) is 5.91 Å². The van der Waals surface area contributed by atoms with Crippen LogP contribution in [0.15, 0.2) is 0 Å². The summed E-state index contributed by atoms with van der Waals surface area (Å²) in [6, 6.07) is -0.187. The Labute approximate surface area is 140 Å². The molecule has 0 aromatic heterocycles. The summed E-state index contributed by atoms with van der Waals surface area (Å²) in [5, 5.41) is 7.88. The molecule has 0 bridgehead atoms. The predicted molar refractivity (Wildman–Crippen MR) is 96.4 cm³/mol. The fraction of sp³-hybridized carbons (Fsp3) is 0.867. The van der Waals surface area contributed by atoms with E-state index >= 15 is 0 Å². The minimum absolute atomic E-state index is 0. The van der Waals surface area contributed by atoms with E-state index in [2.05, 4.69) is 16.0 Å². The lowest BCUT2D eigenvalue weighted by molar-refractivity contribution is -0.119. The molecule has 0 heterocycles. The molecule has 0 aromatic carbocycles. The lowest BCUT2D eigenvalue weighted by atomic mass is 10.6. The average Bonchev–Trinajstić information content (AvgIpc) is 2.53. The van der Waals surface area contributed by atoms with Crippen LogP contribution in [-0.2, 0) is 14.3 Å². The number of urea groups is 1. The molecule has 7 nitrogen and oxygen atoms in total. The number of hydrogen-bond acceptors (Lipinski definition) is 4. The van der Waals surface area contributed by atoms with Crippen LogP contribution in [0.25, 0.3) is 0 Å². The van der Waals surface area contributed by atoms with E-state index in [4.69, 9.17) is 9.47 Å². The van der Waals surface area contributed by atoms with Crippen LogP contribution in [0.4, 0.5) is 4.79 Å². The van der Waals surface area contributed by atoms with Gasteiger partial charge in [0.05, 0.1) is 26.4 Å². The Hall–Kier alpha value is -1.34. The molecule has 3 N–H and O–H groups in total. The van der Waals surface area contributed by atoms with E-state index in [-0.39, 0.29) is 16.2 Å². The first-order valence-corrected chi connectivity index (χ1v) is 8.08. The van der Waals surface area contributed by atoms with Gasteiger partial charge in [-0.2, -0.15) is 0 Å². The summed E-state index contributed by atoms with van der Waals surface area (Å²) in [7, 11) is 0. The quantitative estimate of drug-likeness (QED) is 0.537. The van der Waals surface area contributed by atoms with Crippen molar-refractivity contribution in [2.45, 2.75) is 41.5 Å². The second kappa shape index (κ2) is 24.7. The first-order chi connectivity index (χ1) is 10.7. The number of hydrogen-bond donors (Lipinski definition) is 3. The SMILES string of the molecule is CC.CC.CCNC(=O)NCCOCCOCCNC(C)=O.[HH].[HH].[HH]. The molecule has 0 aliphatic carbocycles. The van der Waals surface area contributed by atoms with E-state index in [1.807, 2.05) is 34.6 Å². The van der Waals surface area contributed by atoms with Gasteiger partial charge >= 0.3 is 6.03 Å². The van der Waals surface area contributed by atoms with Crippen molar-refractivity contribution in [3.05, 3.63) is 0 Å². The van der Waals surface area contributed by atoms with Gasteiger partial charge in [-0.05, 0) is 6.92 Å². The Morgan fingerprint density at radius 3 is 1.68 bits per heavy atom. The molecule has 7 heteroatoms. The monoisotopic (exact) mass is 327 g/mol. The molecule has 3 amide bonds. The Kier molecular flexibility index (Phi) is 28.7. The summed E-state index contributed by atoms with van der Waals surface area (Å²) < 4.78 is 10.4. The molecule has 0 unspecified atom stereocenters. The summed E-state index contributed by atoms with van der Waals surface area (Å²) in [6.07, 6.45) is 0. The van der Waals surface area contributed by atoms with Crippen molar-refractivity contribution in [3.63, 3.8) is 0 Å². The van der Waals surface area contributed by atoms with Crippen LogP contribution in [0.3, 0.4) is 0 Å². The highest BCUT2D eigenvalue weighted by Gasteiger charge is 1.96. The van der Waals surface area contributed by atoms with Crippen LogP contribution in [0.5, 0.6) is 0 Å². The van der Waals surface area contributed by atoms with Crippen molar-refractivity contribution >= 4 is 11.9 Å². The van der Waals surface area contributed by atoms with Gasteiger partial charge < -0.3 is 25.4 Å². The largest absolute Gasteiger partial charge is 0.377 e. The Bertz CT molecular complexity index is 252. The second-order valence-corrected chi connectivity index (χ2v) is 3.49. The van der Waals surface area contributed by atoms with E-state index in [0.717, 1.165) is 0 Å². The molecule has 0 atom stereocenters. The zero-order valence-electron chi connectivity index (χ0n) is 15.1. The maximum absolute atomic E-state index is 11.0. The molecule has 0 saturated carbocycles. The molecular weight excluding hydrogens is 286 g/mol. The third-order valence-electron chi connectivity index (χ3n) is 1.86. The molecule has 0 aliphatic rings. The summed E-state index contributed by atoms with van der Waals surface area (Å²) in [5.74, 6) is -0.0636. The van der Waals surface area contributed by atoms with E-state index in [9.17, 15) is 9.59 Å². The fourth-order valence-corrected chi connectivity index (χ4v) is 1.08. The molecule has 140 valence electrons. The molecule has 0 aromatic rings. The summed E-state index contributed by atoms with van der Waals surface area (Å²) in [4.78, 5) is 21.5. The molecule has 0 fully saturated rings. The van der Waals surface area contributed by atoms with E-state index in [1.165, 1.54) is 6.92 Å². The minimum Gasteiger partial charge on any atom is -0.377 e. The molecule has 22 heavy (non-hydrogen) atoms. The van der Waals surface area contributed by atoms with Crippen molar-refractivity contribution in [2.24, 2.45) is 0 Å². The topological polar surface area (TPSA) is 88.7 Å². The number of carbonyl (C=O) groups excluding carboxylic acids is 2. The highest BCUT2D eigenvalue weighted by Crippen LogP contribution is 1.78. The third kappa shape index (κ3) is 27.1. The van der Waals surface area contributed by atoms with Crippen molar-refractivity contribution in [3.8, 4) is 0 Å². The molecular formula is C15H41N3O4. The third-order valence-corrected chi connectivity index (χ3v) is 1.86. The summed E-state index contributed by atoms with van der Waals surface area (Å²) in [5.41, 5.74) is 0. The van der Waals surface area contributed by atoms with Crippen LogP contribution in [0, 0.1) is 0 Å². The smallest absolute Gasteiger partial charge is 0.314 e. The van der Waals surface area contributed by atoms with Gasteiger partial charge in [0.1, 0.15) is 0 Å². The van der Waals surface area contributed by atoms with Gasteiger partial charge in [0, 0.05) is 30.8 Å². The van der Waals surface area contributed by atoms with Crippen LogP contribution < -0.4 is 16.0 Å². The zero-order chi connectivity index (χ0) is 17.6. The summed E-state index contributed by atoms with van der Waals surface area (Å²) in [6.45, 7) is 14.8. The van der Waals surface area contributed by atoms with Crippen LogP contribution in [0.1, 0.15) is 45.8 Å². The maximum atomic E-state index is 11.0. The summed E-state index contributed by atoms with van der Waals surface area (Å²) >= 11 is 0. The standard InChI is InChI=1S/C11H23N3O4.2C2H6.3H2/c1-3-12-11(16)14-5-7-18-9-8-17-6-4-13-10(2)15;2*1-2;;;/h3-9H2,1-2H3,(H,13,15)(H2,12,14,16);2*1-2H3;3*1H. The lowest BCUT2D eigenvalue weighted by Gasteiger charge is -2.07. The highest BCUT2D eigenvalue weighted by atomic mass is 16.5. The van der Waals surface area contributed by atoms with E-state index < -0.39 is 0 Å². The van der Waals surface area contributed by atoms with Gasteiger partial charge in [-0.3, -0.25) is 4.79 Å². The number of rotatable bonds is 10. The molecule has 0 spiro atoms. The number of nitrogens with one attached hydrogen (secondary N) is 3. The van der Waals surface area contributed by atoms with Gasteiger partial charge in [0.15, 0.2) is 0 Å². The number of amides is 3. The van der Waals surface area contributed by atoms with Crippen LogP contribution in [0.2, 0.25) is 0 Å². The Balaban J connectivity index is -0.000000119. The van der Waals surface area contributed by atoms with Gasteiger partial charge in [-0.15, -0.1) is 0 Å². The number of carbonyl (C=O) groups is 2. The van der Waals surface area contributed by atoms with E-state index in [0.29, 0.717) is 46.1 Å². The average molecular weight is 328 g/mol. The van der Waals surface area contributed by atoms with Crippen molar-refractivity contribution in [1.29, 1.82) is 0 Å². The van der Waals surface area contributed by atoms with Crippen molar-refractivity contribution in [1.82, 2.24) is 16.0 Å². The molecule has 0 radical (unpaired) electrons. The second-order valence-electron chi connectivity index (χ2n) is 3.49. The molecule has 0 saturated heterocycles. The zero-order valence-corrected chi connectivity index (χ0v) is 15.1. The first-order valence-electron chi connectivity index (χ1n) is 8.08. The normalized spacial score (nSPS) is 8.64. The highest BCUT2D eigenvalue weighted by molar-refractivity contribution is 5.73. The predicted octanol–water partition coefficient (Wildman–Crippen LogP) is 2.27. The fourth-order valence-electron chi connectivity index (χ4n) is 1.08. The van der Waals surface area contributed by atoms with Crippen molar-refractivity contribution in [2.75, 3.05) is 46.1 Å². The molecule has 0 rings (SSSR count). The minimum atomic E-state index is -0.187. The van der Waals surface area contributed by atoms with Gasteiger partial charge in [0.25, 0.3) is 0 Å².